The minimum atomic E-state index is -4.42. The standard InChI is InChI=1S/C22H20F3N3O2S/c23-22(24,25)18-5-3-4-17(12-18)20-26-19(30-27-20)14-31-13-15-6-8-16(9-7-15)21(29)28-10-1-2-11-28/h3-9,12H,1-2,10-11,13-14H2. The number of thioether (sulfide) groups is 1. The summed E-state index contributed by atoms with van der Waals surface area (Å²) in [6, 6.07) is 12.4. The molecule has 0 unspecified atom stereocenters. The van der Waals surface area contributed by atoms with Gasteiger partial charge in [0.2, 0.25) is 11.7 Å². The van der Waals surface area contributed by atoms with E-state index in [9.17, 15) is 18.0 Å². The molecule has 0 aliphatic carbocycles. The van der Waals surface area contributed by atoms with Gasteiger partial charge in [0, 0.05) is 30.0 Å². The van der Waals surface area contributed by atoms with Gasteiger partial charge in [-0.1, -0.05) is 29.4 Å². The maximum Gasteiger partial charge on any atom is 0.416 e. The summed E-state index contributed by atoms with van der Waals surface area (Å²) in [6.07, 6.45) is -2.30. The molecule has 0 atom stereocenters. The van der Waals surface area contributed by atoms with E-state index in [1.165, 1.54) is 12.1 Å². The second-order valence-corrected chi connectivity index (χ2v) is 8.26. The number of aromatic nitrogens is 2. The number of likely N-dealkylation sites (tertiary alicyclic amines) is 1. The smallest absolute Gasteiger partial charge is 0.339 e. The molecule has 31 heavy (non-hydrogen) atoms. The number of rotatable bonds is 6. The lowest BCUT2D eigenvalue weighted by molar-refractivity contribution is -0.137. The average Bonchev–Trinajstić information content (AvgIpc) is 3.46. The molecular weight excluding hydrogens is 427 g/mol. The quantitative estimate of drug-likeness (QED) is 0.505. The fraction of sp³-hybridized carbons (Fsp3) is 0.318. The highest BCUT2D eigenvalue weighted by atomic mass is 32.2. The van der Waals surface area contributed by atoms with Gasteiger partial charge in [-0.2, -0.15) is 18.2 Å². The Morgan fingerprint density at radius 2 is 1.81 bits per heavy atom. The van der Waals surface area contributed by atoms with Crippen LogP contribution in [0.25, 0.3) is 11.4 Å². The molecule has 1 saturated heterocycles. The molecule has 1 amide bonds. The molecule has 2 aromatic carbocycles. The lowest BCUT2D eigenvalue weighted by Gasteiger charge is -2.15. The van der Waals surface area contributed by atoms with E-state index in [-0.39, 0.29) is 17.3 Å². The maximum atomic E-state index is 12.9. The lowest BCUT2D eigenvalue weighted by atomic mass is 10.1. The minimum absolute atomic E-state index is 0.0738. The molecule has 1 aromatic heterocycles. The molecule has 0 N–H and O–H groups in total. The second-order valence-electron chi connectivity index (χ2n) is 7.28. The van der Waals surface area contributed by atoms with Gasteiger partial charge in [-0.25, -0.2) is 0 Å². The number of carbonyl (C=O) groups excluding carboxylic acids is 1. The number of alkyl halides is 3. The Bertz CT molecular complexity index is 1040. The Kier molecular flexibility index (Phi) is 6.31. The first kappa shape index (κ1) is 21.4. The van der Waals surface area contributed by atoms with Crippen molar-refractivity contribution >= 4 is 17.7 Å². The molecule has 0 spiro atoms. The highest BCUT2D eigenvalue weighted by molar-refractivity contribution is 7.97. The number of hydrogen-bond acceptors (Lipinski definition) is 5. The Morgan fingerprint density at radius 1 is 1.06 bits per heavy atom. The van der Waals surface area contributed by atoms with Crippen LogP contribution in [0.1, 0.15) is 40.2 Å². The van der Waals surface area contributed by atoms with Gasteiger partial charge in [0.15, 0.2) is 0 Å². The van der Waals surface area contributed by atoms with Crippen LogP contribution in [-0.2, 0) is 17.7 Å². The summed E-state index contributed by atoms with van der Waals surface area (Å²) in [5, 5.41) is 3.80. The van der Waals surface area contributed by atoms with Gasteiger partial charge in [0.05, 0.1) is 11.3 Å². The number of amides is 1. The van der Waals surface area contributed by atoms with E-state index in [0.29, 0.717) is 23.0 Å². The van der Waals surface area contributed by atoms with Gasteiger partial charge in [0.1, 0.15) is 0 Å². The molecule has 162 valence electrons. The van der Waals surface area contributed by atoms with E-state index < -0.39 is 11.7 Å². The molecule has 3 aromatic rings. The van der Waals surface area contributed by atoms with Gasteiger partial charge in [0.25, 0.3) is 5.91 Å². The van der Waals surface area contributed by atoms with Crippen LogP contribution in [0.5, 0.6) is 0 Å². The predicted octanol–water partition coefficient (Wildman–Crippen LogP) is 5.42. The van der Waals surface area contributed by atoms with Crippen LogP contribution in [0, 0.1) is 0 Å². The SMILES string of the molecule is O=C(c1ccc(CSCc2nc(-c3cccc(C(F)(F)F)c3)no2)cc1)N1CCCC1. The van der Waals surface area contributed by atoms with Gasteiger partial charge in [-0.3, -0.25) is 4.79 Å². The van der Waals surface area contributed by atoms with Crippen LogP contribution in [0.4, 0.5) is 13.2 Å². The zero-order valence-corrected chi connectivity index (χ0v) is 17.4. The first-order chi connectivity index (χ1) is 14.9. The summed E-state index contributed by atoms with van der Waals surface area (Å²) in [6.45, 7) is 1.65. The van der Waals surface area contributed by atoms with Crippen LogP contribution in [0.2, 0.25) is 0 Å². The van der Waals surface area contributed by atoms with Gasteiger partial charge < -0.3 is 9.42 Å². The Balaban J connectivity index is 1.32. The molecule has 0 radical (unpaired) electrons. The number of carbonyl (C=O) groups is 1. The largest absolute Gasteiger partial charge is 0.416 e. The Labute approximate surface area is 181 Å². The molecule has 1 fully saturated rings. The zero-order valence-electron chi connectivity index (χ0n) is 16.6. The molecule has 1 aliphatic heterocycles. The van der Waals surface area contributed by atoms with E-state index in [4.69, 9.17) is 4.52 Å². The number of halogens is 3. The molecular formula is C22H20F3N3O2S. The van der Waals surface area contributed by atoms with Crippen molar-refractivity contribution in [3.05, 3.63) is 71.1 Å². The van der Waals surface area contributed by atoms with Crippen molar-refractivity contribution in [2.45, 2.75) is 30.5 Å². The number of benzene rings is 2. The zero-order chi connectivity index (χ0) is 21.8. The van der Waals surface area contributed by atoms with E-state index >= 15 is 0 Å². The number of nitrogens with zero attached hydrogens (tertiary/aromatic N) is 3. The fourth-order valence-electron chi connectivity index (χ4n) is 3.37. The topological polar surface area (TPSA) is 59.2 Å². The monoisotopic (exact) mass is 447 g/mol. The summed E-state index contributed by atoms with van der Waals surface area (Å²) in [4.78, 5) is 18.5. The van der Waals surface area contributed by atoms with Crippen molar-refractivity contribution in [1.29, 1.82) is 0 Å². The van der Waals surface area contributed by atoms with Crippen LogP contribution in [-0.4, -0.2) is 34.0 Å². The van der Waals surface area contributed by atoms with Crippen molar-refractivity contribution in [1.82, 2.24) is 15.0 Å². The van der Waals surface area contributed by atoms with E-state index in [2.05, 4.69) is 10.1 Å². The number of hydrogen-bond donors (Lipinski definition) is 0. The lowest BCUT2D eigenvalue weighted by Crippen LogP contribution is -2.27. The normalized spacial score (nSPS) is 14.2. The third kappa shape index (κ3) is 5.28. The van der Waals surface area contributed by atoms with Crippen LogP contribution in [0.3, 0.4) is 0 Å². The molecule has 4 rings (SSSR count). The van der Waals surface area contributed by atoms with E-state index in [1.54, 1.807) is 11.8 Å². The van der Waals surface area contributed by atoms with Crippen molar-refractivity contribution in [2.75, 3.05) is 13.1 Å². The third-order valence-corrected chi connectivity index (χ3v) is 5.99. The maximum absolute atomic E-state index is 12.9. The van der Waals surface area contributed by atoms with Crippen LogP contribution in [0.15, 0.2) is 53.1 Å². The van der Waals surface area contributed by atoms with Gasteiger partial charge >= 0.3 is 6.18 Å². The summed E-state index contributed by atoms with van der Waals surface area (Å²) < 4.78 is 43.8. The summed E-state index contributed by atoms with van der Waals surface area (Å²) in [5.41, 5.74) is 1.25. The average molecular weight is 447 g/mol. The summed E-state index contributed by atoms with van der Waals surface area (Å²) in [5.74, 6) is 1.66. The third-order valence-electron chi connectivity index (χ3n) is 5.00. The highest BCUT2D eigenvalue weighted by Gasteiger charge is 2.30. The fourth-order valence-corrected chi connectivity index (χ4v) is 4.19. The van der Waals surface area contributed by atoms with Crippen molar-refractivity contribution in [3.63, 3.8) is 0 Å². The van der Waals surface area contributed by atoms with E-state index in [0.717, 1.165) is 43.6 Å². The van der Waals surface area contributed by atoms with Gasteiger partial charge in [-0.05, 0) is 42.7 Å². The highest BCUT2D eigenvalue weighted by Crippen LogP contribution is 2.31. The first-order valence-electron chi connectivity index (χ1n) is 9.86. The second kappa shape index (κ2) is 9.13. The first-order valence-corrected chi connectivity index (χ1v) is 11.0. The Hall–Kier alpha value is -2.81. The minimum Gasteiger partial charge on any atom is -0.339 e. The molecule has 2 heterocycles. The molecule has 5 nitrogen and oxygen atoms in total. The summed E-state index contributed by atoms with van der Waals surface area (Å²) in [7, 11) is 0. The summed E-state index contributed by atoms with van der Waals surface area (Å²) >= 11 is 1.54. The molecule has 9 heteroatoms. The molecule has 0 saturated carbocycles. The van der Waals surface area contributed by atoms with Crippen molar-refractivity contribution in [3.8, 4) is 11.4 Å². The van der Waals surface area contributed by atoms with E-state index in [1.807, 2.05) is 29.2 Å². The molecule has 1 aliphatic rings. The Morgan fingerprint density at radius 3 is 2.52 bits per heavy atom. The van der Waals surface area contributed by atoms with Crippen molar-refractivity contribution in [2.24, 2.45) is 0 Å². The van der Waals surface area contributed by atoms with Crippen molar-refractivity contribution < 1.29 is 22.5 Å². The van der Waals surface area contributed by atoms with Crippen LogP contribution < -0.4 is 0 Å². The predicted molar refractivity (Wildman–Crippen MR) is 111 cm³/mol. The van der Waals surface area contributed by atoms with Gasteiger partial charge in [-0.15, -0.1) is 11.8 Å². The molecule has 0 bridgehead atoms. The van der Waals surface area contributed by atoms with Crippen LogP contribution >= 0.6 is 11.8 Å².